The average molecular weight is 563 g/mol. The summed E-state index contributed by atoms with van der Waals surface area (Å²) in [6.45, 7) is 0.377. The molecule has 15 nitrogen and oxygen atoms in total. The van der Waals surface area contributed by atoms with Crippen LogP contribution < -0.4 is 33.6 Å². The maximum atomic E-state index is 13.3. The largest absolute Gasteiger partial charge is 0.508 e. The highest BCUT2D eigenvalue weighted by atomic mass is 16.4. The van der Waals surface area contributed by atoms with Crippen LogP contribution in [0.2, 0.25) is 0 Å². The Morgan fingerprint density at radius 3 is 2.25 bits per heavy atom. The molecule has 2 rings (SSSR count). The summed E-state index contributed by atoms with van der Waals surface area (Å²) in [6, 6.07) is 1.61. The molecule has 4 atom stereocenters. The minimum absolute atomic E-state index is 0.0518. The van der Waals surface area contributed by atoms with Gasteiger partial charge in [0, 0.05) is 19.5 Å². The lowest BCUT2D eigenvalue weighted by Crippen LogP contribution is -2.57. The molecule has 1 aliphatic heterocycles. The van der Waals surface area contributed by atoms with Crippen LogP contribution >= 0.6 is 0 Å². The number of aliphatic carboxylic acids is 1. The number of benzene rings is 1. The Labute approximate surface area is 231 Å². The molecule has 0 radical (unpaired) electrons. The van der Waals surface area contributed by atoms with Crippen molar-refractivity contribution in [1.29, 1.82) is 0 Å². The number of phenolic OH excluding ortho intramolecular Hbond substituents is 1. The van der Waals surface area contributed by atoms with Gasteiger partial charge < -0.3 is 48.7 Å². The third-order valence-corrected chi connectivity index (χ3v) is 6.42. The minimum Gasteiger partial charge on any atom is -0.508 e. The number of hydrogen-bond acceptors (Lipinski definition) is 8. The summed E-state index contributed by atoms with van der Waals surface area (Å²) in [7, 11) is 0. The van der Waals surface area contributed by atoms with Crippen molar-refractivity contribution in [1.82, 2.24) is 15.5 Å². The van der Waals surface area contributed by atoms with E-state index in [-0.39, 0.29) is 63.3 Å². The topological polar surface area (TPSA) is 270 Å². The first-order valence-electron chi connectivity index (χ1n) is 12.9. The predicted molar refractivity (Wildman–Crippen MR) is 144 cm³/mol. The number of phenols is 1. The monoisotopic (exact) mass is 562 g/mol. The van der Waals surface area contributed by atoms with Crippen LogP contribution in [0.1, 0.15) is 44.1 Å². The zero-order valence-corrected chi connectivity index (χ0v) is 22.1. The molecule has 4 unspecified atom stereocenters. The molecule has 1 aromatic carbocycles. The van der Waals surface area contributed by atoms with E-state index in [9.17, 15) is 34.2 Å². The maximum absolute atomic E-state index is 13.3. The Hall–Kier alpha value is -4.40. The van der Waals surface area contributed by atoms with Gasteiger partial charge in [0.25, 0.3) is 0 Å². The smallest absolute Gasteiger partial charge is 0.326 e. The van der Waals surface area contributed by atoms with E-state index in [2.05, 4.69) is 15.6 Å². The first-order chi connectivity index (χ1) is 18.9. The van der Waals surface area contributed by atoms with Gasteiger partial charge in [0.2, 0.25) is 23.6 Å². The zero-order valence-electron chi connectivity index (χ0n) is 22.1. The number of guanidine groups is 1. The fourth-order valence-electron chi connectivity index (χ4n) is 4.33. The number of aromatic hydroxyl groups is 1. The van der Waals surface area contributed by atoms with Crippen molar-refractivity contribution >= 4 is 35.6 Å². The lowest BCUT2D eigenvalue weighted by molar-refractivity contribution is -0.149. The molecule has 15 heteroatoms. The molecule has 0 spiro atoms. The van der Waals surface area contributed by atoms with Crippen molar-refractivity contribution < 1.29 is 34.2 Å². The third-order valence-electron chi connectivity index (χ3n) is 6.42. The third kappa shape index (κ3) is 10.1. The molecular formula is C25H38N8O7. The summed E-state index contributed by atoms with van der Waals surface area (Å²) >= 11 is 0. The molecule has 1 fully saturated rings. The lowest BCUT2D eigenvalue weighted by atomic mass is 10.0. The van der Waals surface area contributed by atoms with Crippen molar-refractivity contribution in [3.63, 3.8) is 0 Å². The van der Waals surface area contributed by atoms with E-state index in [0.29, 0.717) is 12.0 Å². The molecule has 1 heterocycles. The highest BCUT2D eigenvalue weighted by molar-refractivity contribution is 5.94. The van der Waals surface area contributed by atoms with Crippen LogP contribution in [0.4, 0.5) is 0 Å². The van der Waals surface area contributed by atoms with Gasteiger partial charge in [-0.15, -0.1) is 0 Å². The number of amides is 4. The first kappa shape index (κ1) is 31.8. The Morgan fingerprint density at radius 2 is 1.65 bits per heavy atom. The molecule has 12 N–H and O–H groups in total. The van der Waals surface area contributed by atoms with Gasteiger partial charge in [-0.1, -0.05) is 12.1 Å². The fourth-order valence-corrected chi connectivity index (χ4v) is 4.33. The fraction of sp³-hybridized carbons (Fsp3) is 0.520. The summed E-state index contributed by atoms with van der Waals surface area (Å²) in [6.07, 6.45) is 0.862. The number of carboxylic acid groups (broad SMARTS) is 1. The van der Waals surface area contributed by atoms with Crippen LogP contribution in [0.3, 0.4) is 0 Å². The molecule has 0 aromatic heterocycles. The van der Waals surface area contributed by atoms with Crippen molar-refractivity contribution in [3.05, 3.63) is 29.8 Å². The number of carbonyl (C=O) groups excluding carboxylic acids is 4. The number of likely N-dealkylation sites (tertiary alicyclic amines) is 1. The van der Waals surface area contributed by atoms with E-state index in [0.717, 1.165) is 0 Å². The molecule has 1 saturated heterocycles. The Kier molecular flexibility index (Phi) is 12.1. The number of hydrogen-bond donors (Lipinski definition) is 8. The number of carboxylic acids is 1. The number of carbonyl (C=O) groups is 5. The summed E-state index contributed by atoms with van der Waals surface area (Å²) in [5.41, 5.74) is 22.6. The highest BCUT2D eigenvalue weighted by Crippen LogP contribution is 2.20. The highest BCUT2D eigenvalue weighted by Gasteiger charge is 2.38. The van der Waals surface area contributed by atoms with Crippen molar-refractivity contribution in [2.24, 2.45) is 27.9 Å². The van der Waals surface area contributed by atoms with E-state index in [1.165, 1.54) is 17.0 Å². The van der Waals surface area contributed by atoms with Crippen molar-refractivity contribution in [2.75, 3.05) is 13.1 Å². The van der Waals surface area contributed by atoms with Gasteiger partial charge in [-0.25, -0.2) is 4.79 Å². The Morgan fingerprint density at radius 1 is 1.00 bits per heavy atom. The molecular weight excluding hydrogens is 524 g/mol. The van der Waals surface area contributed by atoms with Crippen LogP contribution in [0.5, 0.6) is 5.75 Å². The summed E-state index contributed by atoms with van der Waals surface area (Å²) < 4.78 is 0. The molecule has 0 bridgehead atoms. The second-order valence-electron chi connectivity index (χ2n) is 9.58. The molecule has 0 saturated carbocycles. The van der Waals surface area contributed by atoms with Crippen LogP contribution in [0.15, 0.2) is 29.3 Å². The maximum Gasteiger partial charge on any atom is 0.326 e. The lowest BCUT2D eigenvalue weighted by Gasteiger charge is -2.29. The molecule has 220 valence electrons. The van der Waals surface area contributed by atoms with Crippen molar-refractivity contribution in [2.45, 2.75) is 69.1 Å². The van der Waals surface area contributed by atoms with E-state index in [1.807, 2.05) is 0 Å². The number of primary amides is 1. The second kappa shape index (κ2) is 15.3. The minimum atomic E-state index is -1.26. The van der Waals surface area contributed by atoms with Gasteiger partial charge in [-0.05, 0) is 56.2 Å². The Balaban J connectivity index is 2.17. The molecule has 4 amide bonds. The quantitative estimate of drug-likeness (QED) is 0.0639. The van der Waals surface area contributed by atoms with Crippen LogP contribution in [-0.4, -0.2) is 87.9 Å². The normalized spacial score (nSPS) is 16.8. The number of nitrogens with one attached hydrogen (secondary N) is 2. The molecule has 40 heavy (non-hydrogen) atoms. The molecule has 0 aliphatic carbocycles. The first-order valence-corrected chi connectivity index (χ1v) is 12.9. The van der Waals surface area contributed by atoms with Crippen LogP contribution in [0, 0.1) is 0 Å². The number of rotatable bonds is 15. The van der Waals surface area contributed by atoms with Gasteiger partial charge in [0.1, 0.15) is 23.9 Å². The van der Waals surface area contributed by atoms with E-state index in [4.69, 9.17) is 22.9 Å². The van der Waals surface area contributed by atoms with Crippen LogP contribution in [0.25, 0.3) is 0 Å². The SMILES string of the molecule is NC(=O)CCC(NC(=O)C(N)Cc1ccc(O)cc1)C(=O)NC(CCCN=C(N)N)C(=O)N1CCCC1C(=O)O. The predicted octanol–water partition coefficient (Wildman–Crippen LogP) is -2.37. The van der Waals surface area contributed by atoms with Gasteiger partial charge in [-0.2, -0.15) is 0 Å². The average Bonchev–Trinajstić information content (AvgIpc) is 3.39. The summed E-state index contributed by atoms with van der Waals surface area (Å²) in [5, 5.41) is 24.1. The van der Waals surface area contributed by atoms with Gasteiger partial charge >= 0.3 is 5.97 Å². The second-order valence-corrected chi connectivity index (χ2v) is 9.58. The molecule has 1 aromatic rings. The van der Waals surface area contributed by atoms with E-state index >= 15 is 0 Å². The Bertz CT molecular complexity index is 1090. The number of nitrogens with two attached hydrogens (primary N) is 4. The molecule has 1 aliphatic rings. The van der Waals surface area contributed by atoms with E-state index < -0.39 is 53.8 Å². The van der Waals surface area contributed by atoms with Gasteiger partial charge in [-0.3, -0.25) is 24.2 Å². The number of aliphatic imine (C=N–C) groups is 1. The van der Waals surface area contributed by atoms with Crippen molar-refractivity contribution in [3.8, 4) is 5.75 Å². The summed E-state index contributed by atoms with van der Waals surface area (Å²) in [4.78, 5) is 67.6. The van der Waals surface area contributed by atoms with Gasteiger partial charge in [0.05, 0.1) is 6.04 Å². The van der Waals surface area contributed by atoms with E-state index in [1.54, 1.807) is 12.1 Å². The van der Waals surface area contributed by atoms with Gasteiger partial charge in [0.15, 0.2) is 5.96 Å². The number of nitrogens with zero attached hydrogens (tertiary/aromatic N) is 2. The standard InChI is InChI=1S/C25H38N8O7/c26-16(13-14-5-7-15(34)8-6-14)21(36)31-17(9-10-20(27)35)22(37)32-18(3-1-11-30-25(28)29)23(38)33-12-2-4-19(33)24(39)40/h5-8,16-19,34H,1-4,9-13,26H2,(H2,27,35)(H,31,36)(H,32,37)(H,39,40)(H4,28,29,30). The zero-order chi connectivity index (χ0) is 29.8. The van der Waals surface area contributed by atoms with Crippen LogP contribution in [-0.2, 0) is 30.4 Å². The summed E-state index contributed by atoms with van der Waals surface area (Å²) in [5.74, 6) is -3.98.